The van der Waals surface area contributed by atoms with E-state index < -0.39 is 0 Å². The minimum absolute atomic E-state index is 0.00421. The predicted octanol–water partition coefficient (Wildman–Crippen LogP) is 1.02. The molecule has 0 unspecified atom stereocenters. The minimum atomic E-state index is -0.313. The molecule has 0 fully saturated rings. The standard InChI is InChI=1S/C12H18N2O3/c1-9(2)14(7-4-8-15)12(17)11-10(16)5-3-6-13-11/h3,5-6,9,15-16H,4,7-8H2,1-2H3. The van der Waals surface area contributed by atoms with Crippen molar-refractivity contribution in [1.29, 1.82) is 0 Å². The van der Waals surface area contributed by atoms with Gasteiger partial charge in [0.2, 0.25) is 0 Å². The van der Waals surface area contributed by atoms with Crippen LogP contribution >= 0.6 is 0 Å². The molecule has 0 atom stereocenters. The number of aliphatic hydroxyl groups excluding tert-OH is 1. The molecule has 0 spiro atoms. The third kappa shape index (κ3) is 3.42. The fourth-order valence-electron chi connectivity index (χ4n) is 1.53. The number of aliphatic hydroxyl groups is 1. The summed E-state index contributed by atoms with van der Waals surface area (Å²) in [5, 5.41) is 18.4. The highest BCUT2D eigenvalue weighted by molar-refractivity contribution is 5.94. The largest absolute Gasteiger partial charge is 0.505 e. The van der Waals surface area contributed by atoms with Crippen molar-refractivity contribution >= 4 is 5.91 Å². The lowest BCUT2D eigenvalue weighted by Gasteiger charge is -2.26. The van der Waals surface area contributed by atoms with E-state index in [1.165, 1.54) is 12.3 Å². The molecule has 0 saturated heterocycles. The SMILES string of the molecule is CC(C)N(CCCO)C(=O)c1ncccc1O. The molecule has 5 heteroatoms. The summed E-state index contributed by atoms with van der Waals surface area (Å²) in [7, 11) is 0. The van der Waals surface area contributed by atoms with Crippen molar-refractivity contribution < 1.29 is 15.0 Å². The Kier molecular flexibility index (Phi) is 4.90. The predicted molar refractivity (Wildman–Crippen MR) is 63.8 cm³/mol. The number of carbonyl (C=O) groups excluding carboxylic acids is 1. The number of hydrogen-bond acceptors (Lipinski definition) is 4. The topological polar surface area (TPSA) is 73.7 Å². The molecule has 1 aromatic heterocycles. The Morgan fingerprint density at radius 3 is 2.76 bits per heavy atom. The first-order valence-corrected chi connectivity index (χ1v) is 5.63. The van der Waals surface area contributed by atoms with Gasteiger partial charge in [-0.15, -0.1) is 0 Å². The first-order chi connectivity index (χ1) is 8.07. The molecule has 2 N–H and O–H groups in total. The van der Waals surface area contributed by atoms with Crippen molar-refractivity contribution in [2.75, 3.05) is 13.2 Å². The number of amides is 1. The molecule has 0 aliphatic carbocycles. The number of pyridine rings is 1. The molecule has 94 valence electrons. The monoisotopic (exact) mass is 238 g/mol. The summed E-state index contributed by atoms with van der Waals surface area (Å²) in [5.41, 5.74) is 0.0548. The van der Waals surface area contributed by atoms with Gasteiger partial charge in [0.05, 0.1) is 0 Å². The zero-order valence-electron chi connectivity index (χ0n) is 10.1. The lowest BCUT2D eigenvalue weighted by atomic mass is 10.2. The summed E-state index contributed by atoms with van der Waals surface area (Å²) in [5.74, 6) is -0.432. The number of nitrogens with zero attached hydrogens (tertiary/aromatic N) is 2. The molecule has 1 rings (SSSR count). The van der Waals surface area contributed by atoms with Crippen LogP contribution in [0.25, 0.3) is 0 Å². The van der Waals surface area contributed by atoms with Crippen LogP contribution in [0.5, 0.6) is 5.75 Å². The van der Waals surface area contributed by atoms with Crippen LogP contribution < -0.4 is 0 Å². The average Bonchev–Trinajstić information content (AvgIpc) is 2.29. The zero-order chi connectivity index (χ0) is 12.8. The molecule has 1 aromatic rings. The Bertz CT molecular complexity index is 380. The molecule has 0 saturated carbocycles. The molecule has 1 heterocycles. The number of aromatic hydroxyl groups is 1. The van der Waals surface area contributed by atoms with Crippen LogP contribution in [0.3, 0.4) is 0 Å². The van der Waals surface area contributed by atoms with Crippen molar-refractivity contribution in [3.63, 3.8) is 0 Å². The summed E-state index contributed by atoms with van der Waals surface area (Å²) in [6, 6.07) is 3.00. The van der Waals surface area contributed by atoms with E-state index in [4.69, 9.17) is 5.11 Å². The van der Waals surface area contributed by atoms with Crippen LogP contribution in [0.15, 0.2) is 18.3 Å². The van der Waals surface area contributed by atoms with Gasteiger partial charge in [-0.05, 0) is 32.4 Å². The Hall–Kier alpha value is -1.62. The van der Waals surface area contributed by atoms with E-state index in [1.807, 2.05) is 13.8 Å². The third-order valence-electron chi connectivity index (χ3n) is 2.43. The van der Waals surface area contributed by atoms with Crippen molar-refractivity contribution in [3.05, 3.63) is 24.0 Å². The third-order valence-corrected chi connectivity index (χ3v) is 2.43. The maximum atomic E-state index is 12.1. The summed E-state index contributed by atoms with van der Waals surface area (Å²) in [6.07, 6.45) is 1.98. The zero-order valence-corrected chi connectivity index (χ0v) is 10.1. The average molecular weight is 238 g/mol. The van der Waals surface area contributed by atoms with Gasteiger partial charge in [0.25, 0.3) is 5.91 Å². The van der Waals surface area contributed by atoms with E-state index in [1.54, 1.807) is 11.0 Å². The minimum Gasteiger partial charge on any atom is -0.505 e. The molecular weight excluding hydrogens is 220 g/mol. The van der Waals surface area contributed by atoms with Crippen LogP contribution in [0.2, 0.25) is 0 Å². The Balaban J connectivity index is 2.88. The second kappa shape index (κ2) is 6.20. The van der Waals surface area contributed by atoms with Gasteiger partial charge in [0, 0.05) is 25.4 Å². The quantitative estimate of drug-likeness (QED) is 0.803. The molecule has 0 bridgehead atoms. The van der Waals surface area contributed by atoms with Crippen molar-refractivity contribution in [2.45, 2.75) is 26.3 Å². The Morgan fingerprint density at radius 2 is 2.24 bits per heavy atom. The van der Waals surface area contributed by atoms with Gasteiger partial charge >= 0.3 is 0 Å². The van der Waals surface area contributed by atoms with Crippen molar-refractivity contribution in [1.82, 2.24) is 9.88 Å². The van der Waals surface area contributed by atoms with Gasteiger partial charge in [-0.2, -0.15) is 0 Å². The highest BCUT2D eigenvalue weighted by atomic mass is 16.3. The van der Waals surface area contributed by atoms with Gasteiger partial charge in [-0.3, -0.25) is 4.79 Å². The molecule has 0 aromatic carbocycles. The second-order valence-corrected chi connectivity index (χ2v) is 4.04. The summed E-state index contributed by atoms with van der Waals surface area (Å²) < 4.78 is 0. The van der Waals surface area contributed by atoms with E-state index in [2.05, 4.69) is 4.98 Å². The Morgan fingerprint density at radius 1 is 1.53 bits per heavy atom. The fourth-order valence-corrected chi connectivity index (χ4v) is 1.53. The number of rotatable bonds is 5. The second-order valence-electron chi connectivity index (χ2n) is 4.04. The summed E-state index contributed by atoms with van der Waals surface area (Å²) in [4.78, 5) is 17.6. The maximum Gasteiger partial charge on any atom is 0.276 e. The molecule has 0 radical (unpaired) electrons. The number of carbonyl (C=O) groups is 1. The van der Waals surface area contributed by atoms with Gasteiger partial charge < -0.3 is 15.1 Å². The fraction of sp³-hybridized carbons (Fsp3) is 0.500. The highest BCUT2D eigenvalue weighted by Crippen LogP contribution is 2.16. The van der Waals surface area contributed by atoms with Crippen LogP contribution in [0.4, 0.5) is 0 Å². The van der Waals surface area contributed by atoms with Crippen LogP contribution in [0.1, 0.15) is 30.8 Å². The van der Waals surface area contributed by atoms with Crippen LogP contribution in [-0.4, -0.2) is 45.2 Å². The lowest BCUT2D eigenvalue weighted by molar-refractivity contribution is 0.0683. The first-order valence-electron chi connectivity index (χ1n) is 5.63. The summed E-state index contributed by atoms with van der Waals surface area (Å²) >= 11 is 0. The number of aromatic nitrogens is 1. The highest BCUT2D eigenvalue weighted by Gasteiger charge is 2.21. The molecular formula is C12H18N2O3. The van der Waals surface area contributed by atoms with E-state index >= 15 is 0 Å². The van der Waals surface area contributed by atoms with E-state index in [0.29, 0.717) is 13.0 Å². The normalized spacial score (nSPS) is 10.6. The van der Waals surface area contributed by atoms with Gasteiger partial charge in [0.15, 0.2) is 5.69 Å². The first kappa shape index (κ1) is 13.4. The smallest absolute Gasteiger partial charge is 0.276 e. The van der Waals surface area contributed by atoms with Crippen molar-refractivity contribution in [3.8, 4) is 5.75 Å². The van der Waals surface area contributed by atoms with Gasteiger partial charge in [-0.25, -0.2) is 4.98 Å². The molecule has 1 amide bonds. The summed E-state index contributed by atoms with van der Waals surface area (Å²) in [6.45, 7) is 4.25. The van der Waals surface area contributed by atoms with Gasteiger partial charge in [0.1, 0.15) is 5.75 Å². The van der Waals surface area contributed by atoms with Gasteiger partial charge in [-0.1, -0.05) is 0 Å². The number of hydrogen-bond donors (Lipinski definition) is 2. The van der Waals surface area contributed by atoms with Crippen molar-refractivity contribution in [2.24, 2.45) is 0 Å². The lowest BCUT2D eigenvalue weighted by Crippen LogP contribution is -2.38. The van der Waals surface area contributed by atoms with Crippen LogP contribution in [-0.2, 0) is 0 Å². The van der Waals surface area contributed by atoms with E-state index in [0.717, 1.165) is 0 Å². The van der Waals surface area contributed by atoms with E-state index in [9.17, 15) is 9.90 Å². The van der Waals surface area contributed by atoms with Crippen LogP contribution in [0, 0.1) is 0 Å². The molecule has 0 aliphatic rings. The molecule has 0 aliphatic heterocycles. The molecule has 5 nitrogen and oxygen atoms in total. The maximum absolute atomic E-state index is 12.1. The Labute approximate surface area is 101 Å². The molecule has 17 heavy (non-hydrogen) atoms. The van der Waals surface area contributed by atoms with E-state index in [-0.39, 0.29) is 30.0 Å².